The molecule has 0 aliphatic carbocycles. The highest BCUT2D eigenvalue weighted by Crippen LogP contribution is 2.35. The SMILES string of the molecule is COc1ccc(/C=C/C(=O)NO)c(OCc2ccc(O)cc2)c1CC=C(C)C. The van der Waals surface area contributed by atoms with Gasteiger partial charge < -0.3 is 14.6 Å². The molecule has 0 bridgehead atoms. The smallest absolute Gasteiger partial charge is 0.267 e. The first-order chi connectivity index (χ1) is 13.4. The Morgan fingerprint density at radius 2 is 1.86 bits per heavy atom. The van der Waals surface area contributed by atoms with Crippen molar-refractivity contribution in [3.05, 3.63) is 70.8 Å². The summed E-state index contributed by atoms with van der Waals surface area (Å²) >= 11 is 0. The number of carbonyl (C=O) groups excluding carboxylic acids is 1. The van der Waals surface area contributed by atoms with Crippen molar-refractivity contribution >= 4 is 12.0 Å². The molecule has 6 nitrogen and oxygen atoms in total. The number of phenolic OH excluding ortho intramolecular Hbond substituents is 1. The van der Waals surface area contributed by atoms with Gasteiger partial charge in [0.15, 0.2) is 0 Å². The lowest BCUT2D eigenvalue weighted by Gasteiger charge is -2.17. The molecule has 1 amide bonds. The summed E-state index contributed by atoms with van der Waals surface area (Å²) in [5.41, 5.74) is 5.15. The van der Waals surface area contributed by atoms with E-state index in [2.05, 4.69) is 6.08 Å². The van der Waals surface area contributed by atoms with Gasteiger partial charge >= 0.3 is 0 Å². The number of benzene rings is 2. The predicted octanol–water partition coefficient (Wildman–Crippen LogP) is 4.01. The number of hydrogen-bond donors (Lipinski definition) is 3. The molecule has 0 aromatic heterocycles. The van der Waals surface area contributed by atoms with Gasteiger partial charge in [-0.1, -0.05) is 23.8 Å². The molecule has 0 radical (unpaired) electrons. The molecule has 0 saturated carbocycles. The summed E-state index contributed by atoms with van der Waals surface area (Å²) in [7, 11) is 1.60. The maximum Gasteiger partial charge on any atom is 0.267 e. The Morgan fingerprint density at radius 1 is 1.14 bits per heavy atom. The van der Waals surface area contributed by atoms with Crippen molar-refractivity contribution in [1.29, 1.82) is 0 Å². The molecule has 6 heteroatoms. The van der Waals surface area contributed by atoms with E-state index in [4.69, 9.17) is 14.7 Å². The molecule has 0 aliphatic rings. The monoisotopic (exact) mass is 383 g/mol. The Labute approximate surface area is 164 Å². The Bertz CT molecular complexity index is 865. The van der Waals surface area contributed by atoms with Gasteiger partial charge in [-0.05, 0) is 56.2 Å². The first kappa shape index (κ1) is 21.1. The molecule has 148 valence electrons. The number of phenols is 1. The normalized spacial score (nSPS) is 10.6. The molecule has 2 aromatic carbocycles. The Hall–Kier alpha value is -3.25. The number of aromatic hydroxyl groups is 1. The van der Waals surface area contributed by atoms with Crippen molar-refractivity contribution in [3.63, 3.8) is 0 Å². The van der Waals surface area contributed by atoms with Crippen molar-refractivity contribution in [2.24, 2.45) is 0 Å². The van der Waals surface area contributed by atoms with Gasteiger partial charge in [0.05, 0.1) is 7.11 Å². The zero-order chi connectivity index (χ0) is 20.5. The van der Waals surface area contributed by atoms with Crippen LogP contribution in [-0.4, -0.2) is 23.3 Å². The van der Waals surface area contributed by atoms with Gasteiger partial charge in [-0.3, -0.25) is 10.0 Å². The summed E-state index contributed by atoms with van der Waals surface area (Å²) in [6.07, 6.45) is 5.46. The summed E-state index contributed by atoms with van der Waals surface area (Å²) in [6.45, 7) is 4.31. The van der Waals surface area contributed by atoms with E-state index in [1.165, 1.54) is 6.08 Å². The van der Waals surface area contributed by atoms with Gasteiger partial charge in [0.25, 0.3) is 5.91 Å². The topological polar surface area (TPSA) is 88.0 Å². The van der Waals surface area contributed by atoms with Crippen molar-refractivity contribution in [2.75, 3.05) is 7.11 Å². The first-order valence-electron chi connectivity index (χ1n) is 8.80. The third kappa shape index (κ3) is 5.89. The van der Waals surface area contributed by atoms with E-state index in [9.17, 15) is 9.90 Å². The summed E-state index contributed by atoms with van der Waals surface area (Å²) in [5.74, 6) is 0.827. The van der Waals surface area contributed by atoms with Crippen LogP contribution >= 0.6 is 0 Å². The minimum absolute atomic E-state index is 0.188. The fraction of sp³-hybridized carbons (Fsp3) is 0.227. The molecule has 0 aliphatic heterocycles. The number of methoxy groups -OCH3 is 1. The van der Waals surface area contributed by atoms with Crippen LogP contribution in [0.3, 0.4) is 0 Å². The molecular formula is C22H25NO5. The van der Waals surface area contributed by atoms with Crippen LogP contribution in [0.25, 0.3) is 6.08 Å². The molecule has 0 atom stereocenters. The molecule has 0 fully saturated rings. The van der Waals surface area contributed by atoms with Crippen molar-refractivity contribution in [1.82, 2.24) is 5.48 Å². The molecule has 3 N–H and O–H groups in total. The van der Waals surface area contributed by atoms with Gasteiger partial charge in [-0.2, -0.15) is 0 Å². The third-order valence-corrected chi connectivity index (χ3v) is 4.03. The largest absolute Gasteiger partial charge is 0.508 e. The maximum atomic E-state index is 11.4. The first-order valence-corrected chi connectivity index (χ1v) is 8.80. The number of carbonyl (C=O) groups is 1. The standard InChI is InChI=1S/C22H25NO5/c1-15(2)4-11-19-20(27-3)12-7-17(8-13-21(25)23-26)22(19)28-14-16-5-9-18(24)10-6-16/h4-10,12-13,24,26H,11,14H2,1-3H3,(H,23,25)/b13-8+. The molecule has 0 unspecified atom stereocenters. The van der Waals surface area contributed by atoms with E-state index in [1.54, 1.807) is 49.0 Å². The van der Waals surface area contributed by atoms with Crippen LogP contribution < -0.4 is 15.0 Å². The van der Waals surface area contributed by atoms with Gasteiger partial charge in [0.2, 0.25) is 0 Å². The predicted molar refractivity (Wildman–Crippen MR) is 108 cm³/mol. The van der Waals surface area contributed by atoms with E-state index >= 15 is 0 Å². The minimum Gasteiger partial charge on any atom is -0.508 e. The van der Waals surface area contributed by atoms with Gasteiger partial charge in [0, 0.05) is 17.2 Å². The highest BCUT2D eigenvalue weighted by molar-refractivity contribution is 5.91. The van der Waals surface area contributed by atoms with Crippen LogP contribution in [0.2, 0.25) is 0 Å². The lowest BCUT2D eigenvalue weighted by molar-refractivity contribution is -0.124. The van der Waals surface area contributed by atoms with Gasteiger partial charge in [-0.25, -0.2) is 5.48 Å². The second-order valence-corrected chi connectivity index (χ2v) is 6.41. The average molecular weight is 383 g/mol. The fourth-order valence-corrected chi connectivity index (χ4v) is 2.57. The van der Waals surface area contributed by atoms with Crippen molar-refractivity contribution in [3.8, 4) is 17.2 Å². The highest BCUT2D eigenvalue weighted by atomic mass is 16.5. The lowest BCUT2D eigenvalue weighted by atomic mass is 10.0. The fourth-order valence-electron chi connectivity index (χ4n) is 2.57. The van der Waals surface area contributed by atoms with E-state index in [-0.39, 0.29) is 12.4 Å². The molecular weight excluding hydrogens is 358 g/mol. The summed E-state index contributed by atoms with van der Waals surface area (Å²) in [5, 5.41) is 18.1. The molecule has 0 saturated heterocycles. The quantitative estimate of drug-likeness (QED) is 0.277. The highest BCUT2D eigenvalue weighted by Gasteiger charge is 2.14. The van der Waals surface area contributed by atoms with Crippen LogP contribution in [0, 0.1) is 0 Å². The summed E-state index contributed by atoms with van der Waals surface area (Å²) in [6, 6.07) is 10.4. The van der Waals surface area contributed by atoms with Crippen LogP contribution in [0.1, 0.15) is 30.5 Å². The Balaban J connectivity index is 2.44. The number of rotatable bonds is 8. The minimum atomic E-state index is -0.633. The van der Waals surface area contributed by atoms with Gasteiger partial charge in [-0.15, -0.1) is 0 Å². The zero-order valence-corrected chi connectivity index (χ0v) is 16.2. The molecule has 0 heterocycles. The average Bonchev–Trinajstić information content (AvgIpc) is 2.69. The second kappa shape index (κ2) is 10.2. The van der Waals surface area contributed by atoms with Crippen molar-refractivity contribution in [2.45, 2.75) is 26.9 Å². The number of ether oxygens (including phenoxy) is 2. The van der Waals surface area contributed by atoms with E-state index in [0.29, 0.717) is 23.5 Å². The zero-order valence-electron chi connectivity index (χ0n) is 16.2. The lowest BCUT2D eigenvalue weighted by Crippen LogP contribution is -2.14. The number of hydrogen-bond acceptors (Lipinski definition) is 5. The number of nitrogens with one attached hydrogen (secondary N) is 1. The number of allylic oxidation sites excluding steroid dienone is 2. The number of amides is 1. The van der Waals surface area contributed by atoms with Crippen LogP contribution in [-0.2, 0) is 17.8 Å². The van der Waals surface area contributed by atoms with Gasteiger partial charge in [0.1, 0.15) is 23.9 Å². The third-order valence-electron chi connectivity index (χ3n) is 4.03. The number of hydroxylamine groups is 1. The van der Waals surface area contributed by atoms with E-state index in [0.717, 1.165) is 16.7 Å². The Morgan fingerprint density at radius 3 is 2.46 bits per heavy atom. The molecule has 2 rings (SSSR count). The van der Waals surface area contributed by atoms with Crippen LogP contribution in [0.4, 0.5) is 0 Å². The second-order valence-electron chi connectivity index (χ2n) is 6.41. The summed E-state index contributed by atoms with van der Waals surface area (Å²) < 4.78 is 11.6. The molecule has 2 aromatic rings. The van der Waals surface area contributed by atoms with E-state index < -0.39 is 5.91 Å². The van der Waals surface area contributed by atoms with Crippen LogP contribution in [0.15, 0.2) is 54.1 Å². The van der Waals surface area contributed by atoms with E-state index in [1.807, 2.05) is 19.9 Å². The maximum absolute atomic E-state index is 11.4. The molecule has 28 heavy (non-hydrogen) atoms. The van der Waals surface area contributed by atoms with Crippen molar-refractivity contribution < 1.29 is 24.6 Å². The van der Waals surface area contributed by atoms with Crippen LogP contribution in [0.5, 0.6) is 17.2 Å². The molecule has 0 spiro atoms. The Kier molecular flexibility index (Phi) is 7.65. The summed E-state index contributed by atoms with van der Waals surface area (Å²) in [4.78, 5) is 11.4.